The normalized spacial score (nSPS) is 14.9. The molecule has 0 aromatic heterocycles. The van der Waals surface area contributed by atoms with Crippen molar-refractivity contribution in [3.8, 4) is 51.6 Å². The van der Waals surface area contributed by atoms with Gasteiger partial charge >= 0.3 is 0 Å². The molecule has 0 heterocycles. The van der Waals surface area contributed by atoms with E-state index in [1.54, 1.807) is 0 Å². The fourth-order valence-corrected chi connectivity index (χ4v) is 11.3. The van der Waals surface area contributed by atoms with Gasteiger partial charge < -0.3 is 0 Å². The highest BCUT2D eigenvalue weighted by atomic mass is 14.5. The number of nitriles is 3. The van der Waals surface area contributed by atoms with Gasteiger partial charge in [-0.3, -0.25) is 0 Å². The molecule has 0 aliphatic heterocycles. The first-order chi connectivity index (χ1) is 32.7. The third-order valence-corrected chi connectivity index (χ3v) is 13.9. The van der Waals surface area contributed by atoms with E-state index in [0.29, 0.717) is 16.7 Å². The lowest BCUT2D eigenvalue weighted by atomic mass is 9.80. The van der Waals surface area contributed by atoms with Crippen molar-refractivity contribution in [2.75, 3.05) is 0 Å². The van der Waals surface area contributed by atoms with E-state index in [1.165, 1.54) is 0 Å². The minimum absolute atomic E-state index is 0.570. The second kappa shape index (κ2) is 14.4. The number of nitrogens with zero attached hydrogens (tertiary/aromatic N) is 3. The van der Waals surface area contributed by atoms with Crippen molar-refractivity contribution in [1.82, 2.24) is 0 Å². The molecule has 0 radical (unpaired) electrons. The van der Waals surface area contributed by atoms with Crippen LogP contribution in [0.25, 0.3) is 99.1 Å². The topological polar surface area (TPSA) is 71.4 Å². The van der Waals surface area contributed by atoms with Gasteiger partial charge in [0.1, 0.15) is 18.2 Å². The smallest absolute Gasteiger partial charge is 0.100 e. The van der Waals surface area contributed by atoms with Crippen LogP contribution in [0.3, 0.4) is 0 Å². The third kappa shape index (κ3) is 5.05. The predicted molar refractivity (Wildman–Crippen MR) is 269 cm³/mol. The second-order valence-electron chi connectivity index (χ2n) is 17.1. The molecule has 300 valence electrons. The molecule has 0 saturated heterocycles. The van der Waals surface area contributed by atoms with E-state index in [0.717, 1.165) is 132 Å². The first-order valence-corrected chi connectivity index (χ1v) is 22.1. The first-order valence-electron chi connectivity index (χ1n) is 22.1. The van der Waals surface area contributed by atoms with E-state index >= 15 is 0 Å². The van der Waals surface area contributed by atoms with Crippen LogP contribution in [-0.2, 0) is 0 Å². The molecular weight excluding hydrogens is 799 g/mol. The van der Waals surface area contributed by atoms with Crippen LogP contribution in [-0.4, -0.2) is 0 Å². The van der Waals surface area contributed by atoms with Gasteiger partial charge in [0.15, 0.2) is 0 Å². The van der Waals surface area contributed by atoms with Gasteiger partial charge in [0.2, 0.25) is 0 Å². The zero-order chi connectivity index (χ0) is 44.0. The van der Waals surface area contributed by atoms with Gasteiger partial charge in [0, 0.05) is 50.1 Å². The summed E-state index contributed by atoms with van der Waals surface area (Å²) in [5.74, 6) is 0. The maximum atomic E-state index is 11.7. The van der Waals surface area contributed by atoms with Crippen LogP contribution in [0.5, 0.6) is 0 Å². The van der Waals surface area contributed by atoms with E-state index in [1.807, 2.05) is 54.6 Å². The lowest BCUT2D eigenvalue weighted by molar-refractivity contribution is 1.52. The molecule has 0 amide bonds. The molecule has 66 heavy (non-hydrogen) atoms. The van der Waals surface area contributed by atoms with Gasteiger partial charge in [-0.15, -0.1) is 0 Å². The Morgan fingerprint density at radius 3 is 0.773 bits per heavy atom. The summed E-state index contributed by atoms with van der Waals surface area (Å²) in [4.78, 5) is 0. The Labute approximate surface area is 381 Å². The molecule has 0 spiro atoms. The van der Waals surface area contributed by atoms with Gasteiger partial charge in [-0.1, -0.05) is 200 Å². The summed E-state index contributed by atoms with van der Waals surface area (Å²) < 4.78 is 0. The molecule has 3 aliphatic rings. The SMILES string of the molecule is N#CC(=C1c2ccccc2-c2c1c1c(c3c2C(=C(C#N)c2cccc4ccccc24)c2ccccc2-3)C(=C(C#N)c2cccc3ccccc23)c2ccccc2-1)c1cccc2ccccc12. The molecule has 0 bridgehead atoms. The van der Waals surface area contributed by atoms with E-state index < -0.39 is 0 Å². The predicted octanol–water partition coefficient (Wildman–Crippen LogP) is 15.5. The van der Waals surface area contributed by atoms with E-state index in [9.17, 15) is 15.8 Å². The van der Waals surface area contributed by atoms with Crippen LogP contribution in [0.4, 0.5) is 0 Å². The van der Waals surface area contributed by atoms with Gasteiger partial charge in [-0.05, 0) is 82.4 Å². The molecule has 13 rings (SSSR count). The van der Waals surface area contributed by atoms with Crippen molar-refractivity contribution in [2.45, 2.75) is 0 Å². The molecule has 3 nitrogen and oxygen atoms in total. The minimum atomic E-state index is 0.570. The summed E-state index contributed by atoms with van der Waals surface area (Å²) in [7, 11) is 0. The number of rotatable bonds is 3. The van der Waals surface area contributed by atoms with Crippen LogP contribution >= 0.6 is 0 Å². The number of allylic oxidation sites excluding steroid dienone is 3. The number of fused-ring (bicyclic) bond motifs is 15. The zero-order valence-corrected chi connectivity index (χ0v) is 35.4. The molecule has 0 fully saturated rings. The number of hydrogen-bond donors (Lipinski definition) is 0. The van der Waals surface area contributed by atoms with Crippen molar-refractivity contribution in [3.05, 3.63) is 250 Å². The quantitative estimate of drug-likeness (QED) is 0.167. The van der Waals surface area contributed by atoms with Crippen molar-refractivity contribution >= 4 is 65.8 Å². The Morgan fingerprint density at radius 2 is 0.485 bits per heavy atom. The molecule has 10 aromatic rings. The number of hydrogen-bond acceptors (Lipinski definition) is 3. The number of benzene rings is 10. The standard InChI is InChI=1S/C63H33N3/c64-34-52(43-31-13-19-37-16-1-4-22-40(37)43)55-46-25-7-10-28-49(46)58-61(55)59-50-29-11-8-26-47(50)56(53(35-65)44-32-14-20-38-17-2-5-23-41(38)44)63(59)60-51-30-12-9-27-48(51)57(62(58)60)54(36-66)45-33-15-21-39-18-3-6-24-42(39)45/h1-33H. The summed E-state index contributed by atoms with van der Waals surface area (Å²) in [5.41, 5.74) is 18.4. The Balaban J connectivity index is 1.30. The summed E-state index contributed by atoms with van der Waals surface area (Å²) >= 11 is 0. The van der Waals surface area contributed by atoms with Crippen molar-refractivity contribution in [1.29, 1.82) is 15.8 Å². The maximum absolute atomic E-state index is 11.7. The fraction of sp³-hybridized carbons (Fsp3) is 0. The summed E-state index contributed by atoms with van der Waals surface area (Å²) in [5, 5.41) is 41.1. The Bertz CT molecular complexity index is 3620. The average molecular weight is 832 g/mol. The lowest BCUT2D eigenvalue weighted by Gasteiger charge is -2.21. The van der Waals surface area contributed by atoms with E-state index in [-0.39, 0.29) is 0 Å². The van der Waals surface area contributed by atoms with Crippen molar-refractivity contribution in [3.63, 3.8) is 0 Å². The highest BCUT2D eigenvalue weighted by Gasteiger charge is 2.45. The lowest BCUT2D eigenvalue weighted by Crippen LogP contribution is -2.00. The highest BCUT2D eigenvalue weighted by molar-refractivity contribution is 6.31. The summed E-state index contributed by atoms with van der Waals surface area (Å²) in [6.07, 6.45) is 0. The molecule has 3 heteroatoms. The minimum Gasteiger partial charge on any atom is -0.192 e. The average Bonchev–Trinajstić information content (AvgIpc) is 4.01. The molecule has 0 saturated carbocycles. The Morgan fingerprint density at radius 1 is 0.242 bits per heavy atom. The van der Waals surface area contributed by atoms with Crippen LogP contribution in [0.15, 0.2) is 200 Å². The zero-order valence-electron chi connectivity index (χ0n) is 35.4. The third-order valence-electron chi connectivity index (χ3n) is 13.9. The summed E-state index contributed by atoms with van der Waals surface area (Å²) in [6, 6.07) is 76.9. The monoisotopic (exact) mass is 831 g/mol. The maximum Gasteiger partial charge on any atom is 0.100 e. The van der Waals surface area contributed by atoms with Crippen molar-refractivity contribution < 1.29 is 0 Å². The molecule has 0 N–H and O–H groups in total. The molecule has 0 unspecified atom stereocenters. The largest absolute Gasteiger partial charge is 0.192 e. The van der Waals surface area contributed by atoms with E-state index in [4.69, 9.17) is 0 Å². The van der Waals surface area contributed by atoms with Crippen molar-refractivity contribution in [2.24, 2.45) is 0 Å². The van der Waals surface area contributed by atoms with Crippen LogP contribution in [0.1, 0.15) is 50.1 Å². The molecule has 10 aromatic carbocycles. The summed E-state index contributed by atoms with van der Waals surface area (Å²) in [6.45, 7) is 0. The Hall–Kier alpha value is -9.33. The van der Waals surface area contributed by atoms with Gasteiger partial charge in [-0.25, -0.2) is 0 Å². The van der Waals surface area contributed by atoms with Crippen LogP contribution in [0, 0.1) is 34.0 Å². The first kappa shape index (κ1) is 37.2. The van der Waals surface area contributed by atoms with Gasteiger partial charge in [0.25, 0.3) is 0 Å². The highest BCUT2D eigenvalue weighted by Crippen LogP contribution is 2.66. The van der Waals surface area contributed by atoms with E-state index in [2.05, 4.69) is 164 Å². The Kier molecular flexibility index (Phi) is 8.10. The van der Waals surface area contributed by atoms with Gasteiger partial charge in [-0.2, -0.15) is 15.8 Å². The van der Waals surface area contributed by atoms with Crippen LogP contribution in [0.2, 0.25) is 0 Å². The molecular formula is C63H33N3. The van der Waals surface area contributed by atoms with Gasteiger partial charge in [0.05, 0.1) is 16.7 Å². The molecule has 3 aliphatic carbocycles. The molecule has 0 atom stereocenters. The van der Waals surface area contributed by atoms with Crippen LogP contribution < -0.4 is 0 Å². The second-order valence-corrected chi connectivity index (χ2v) is 17.1. The fourth-order valence-electron chi connectivity index (χ4n) is 11.3.